The summed E-state index contributed by atoms with van der Waals surface area (Å²) in [7, 11) is 0. The molecule has 0 aliphatic carbocycles. The fourth-order valence-electron chi connectivity index (χ4n) is 3.88. The molecule has 0 saturated carbocycles. The van der Waals surface area contributed by atoms with Crippen LogP contribution in [-0.4, -0.2) is 62.8 Å². The largest absolute Gasteiger partial charge is 0.492 e. The summed E-state index contributed by atoms with van der Waals surface area (Å²) in [6.07, 6.45) is 0. The molecule has 2 aliphatic heterocycles. The Hall–Kier alpha value is -2.93. The highest BCUT2D eigenvalue weighted by molar-refractivity contribution is 5.94. The van der Waals surface area contributed by atoms with Crippen molar-refractivity contribution in [2.24, 2.45) is 0 Å². The van der Waals surface area contributed by atoms with Gasteiger partial charge < -0.3 is 24.4 Å². The van der Waals surface area contributed by atoms with Crippen molar-refractivity contribution >= 4 is 17.3 Å². The van der Waals surface area contributed by atoms with Crippen molar-refractivity contribution < 1.29 is 19.0 Å². The molecule has 0 spiro atoms. The maximum atomic E-state index is 12.8. The summed E-state index contributed by atoms with van der Waals surface area (Å²) in [5.41, 5.74) is 1.84. The molecule has 0 unspecified atom stereocenters. The number of nitrogens with one attached hydrogen (secondary N) is 1. The van der Waals surface area contributed by atoms with E-state index in [1.165, 1.54) is 0 Å². The van der Waals surface area contributed by atoms with Crippen molar-refractivity contribution in [2.75, 3.05) is 56.2 Å². The molecule has 30 heavy (non-hydrogen) atoms. The van der Waals surface area contributed by atoms with Gasteiger partial charge in [0.2, 0.25) is 5.91 Å². The maximum Gasteiger partial charge on any atom is 0.241 e. The van der Waals surface area contributed by atoms with Crippen molar-refractivity contribution in [1.82, 2.24) is 4.90 Å². The fraction of sp³-hybridized carbons (Fsp3) is 0.435. The summed E-state index contributed by atoms with van der Waals surface area (Å²) in [6.45, 7) is 9.01. The molecule has 1 N–H and O–H groups in total. The van der Waals surface area contributed by atoms with E-state index in [2.05, 4.69) is 21.2 Å². The van der Waals surface area contributed by atoms with Crippen LogP contribution in [-0.2, 0) is 4.79 Å². The zero-order valence-corrected chi connectivity index (χ0v) is 17.6. The standard InChI is InChI=1S/C23H29N3O4/c1-3-28-20-7-5-4-6-19(20)26-12-10-25(11-13-26)17(2)23(27)24-18-8-9-21-22(16-18)30-15-14-29-21/h4-9,16-17H,3,10-15H2,1-2H3,(H,24,27)/t17-/m0/s1. The second-order valence-electron chi connectivity index (χ2n) is 7.45. The Bertz CT molecular complexity index is 881. The number of hydrogen-bond donors (Lipinski definition) is 1. The maximum absolute atomic E-state index is 12.8. The number of amides is 1. The molecule has 1 saturated heterocycles. The van der Waals surface area contributed by atoms with Gasteiger partial charge in [0.15, 0.2) is 11.5 Å². The predicted molar refractivity (Wildman–Crippen MR) is 117 cm³/mol. The van der Waals surface area contributed by atoms with E-state index >= 15 is 0 Å². The van der Waals surface area contributed by atoms with Crippen LogP contribution in [0.15, 0.2) is 42.5 Å². The second-order valence-corrected chi connectivity index (χ2v) is 7.45. The number of rotatable bonds is 6. The zero-order chi connectivity index (χ0) is 20.9. The third kappa shape index (κ3) is 4.46. The normalized spacial score (nSPS) is 17.3. The molecule has 7 nitrogen and oxygen atoms in total. The molecule has 7 heteroatoms. The number of carbonyl (C=O) groups is 1. The predicted octanol–water partition coefficient (Wildman–Crippen LogP) is 3.01. The topological polar surface area (TPSA) is 63.3 Å². The molecule has 0 bridgehead atoms. The lowest BCUT2D eigenvalue weighted by atomic mass is 10.1. The van der Waals surface area contributed by atoms with Crippen LogP contribution in [0, 0.1) is 0 Å². The molecule has 2 heterocycles. The number of nitrogens with zero attached hydrogens (tertiary/aromatic N) is 2. The number of carbonyl (C=O) groups excluding carboxylic acids is 1. The van der Waals surface area contributed by atoms with Gasteiger partial charge in [0.05, 0.1) is 18.3 Å². The molecule has 4 rings (SSSR count). The molecule has 2 aromatic carbocycles. The minimum absolute atomic E-state index is 0.0187. The number of benzene rings is 2. The highest BCUT2D eigenvalue weighted by Gasteiger charge is 2.27. The van der Waals surface area contributed by atoms with Gasteiger partial charge >= 0.3 is 0 Å². The number of anilines is 2. The molecule has 0 radical (unpaired) electrons. The third-order valence-corrected chi connectivity index (χ3v) is 5.56. The highest BCUT2D eigenvalue weighted by atomic mass is 16.6. The third-order valence-electron chi connectivity index (χ3n) is 5.56. The summed E-state index contributed by atoms with van der Waals surface area (Å²) in [5, 5.41) is 3.01. The summed E-state index contributed by atoms with van der Waals surface area (Å²) >= 11 is 0. The first-order valence-electron chi connectivity index (χ1n) is 10.6. The number of fused-ring (bicyclic) bond motifs is 1. The minimum Gasteiger partial charge on any atom is -0.492 e. The van der Waals surface area contributed by atoms with E-state index < -0.39 is 0 Å². The van der Waals surface area contributed by atoms with Crippen molar-refractivity contribution in [1.29, 1.82) is 0 Å². The molecule has 2 aliphatic rings. The van der Waals surface area contributed by atoms with Crippen molar-refractivity contribution in [2.45, 2.75) is 19.9 Å². The first-order chi connectivity index (χ1) is 14.7. The van der Waals surface area contributed by atoms with Gasteiger partial charge in [-0.15, -0.1) is 0 Å². The van der Waals surface area contributed by atoms with Crippen molar-refractivity contribution in [3.05, 3.63) is 42.5 Å². The van der Waals surface area contributed by atoms with Crippen LogP contribution in [0.5, 0.6) is 17.2 Å². The van der Waals surface area contributed by atoms with Crippen LogP contribution in [0.25, 0.3) is 0 Å². The lowest BCUT2D eigenvalue weighted by Crippen LogP contribution is -2.52. The quantitative estimate of drug-likeness (QED) is 0.789. The Balaban J connectivity index is 1.34. The van der Waals surface area contributed by atoms with E-state index in [-0.39, 0.29) is 11.9 Å². The van der Waals surface area contributed by atoms with E-state index in [0.29, 0.717) is 25.6 Å². The van der Waals surface area contributed by atoms with Gasteiger partial charge in [0.1, 0.15) is 19.0 Å². The SMILES string of the molecule is CCOc1ccccc1N1CCN([C@@H](C)C(=O)Nc2ccc3c(c2)OCCO3)CC1. The Morgan fingerprint density at radius 2 is 1.80 bits per heavy atom. The van der Waals surface area contributed by atoms with Gasteiger partial charge in [-0.2, -0.15) is 0 Å². The fourth-order valence-corrected chi connectivity index (χ4v) is 3.88. The lowest BCUT2D eigenvalue weighted by Gasteiger charge is -2.39. The van der Waals surface area contributed by atoms with Crippen molar-refractivity contribution in [3.8, 4) is 17.2 Å². The lowest BCUT2D eigenvalue weighted by molar-refractivity contribution is -0.120. The van der Waals surface area contributed by atoms with Crippen LogP contribution < -0.4 is 24.4 Å². The zero-order valence-electron chi connectivity index (χ0n) is 17.6. The van der Waals surface area contributed by atoms with Crippen LogP contribution >= 0.6 is 0 Å². The van der Waals surface area contributed by atoms with E-state index in [9.17, 15) is 4.79 Å². The summed E-state index contributed by atoms with van der Waals surface area (Å²) < 4.78 is 16.9. The van der Waals surface area contributed by atoms with Gasteiger partial charge in [-0.3, -0.25) is 9.69 Å². The van der Waals surface area contributed by atoms with E-state index in [4.69, 9.17) is 14.2 Å². The van der Waals surface area contributed by atoms with E-state index in [1.807, 2.05) is 50.2 Å². The van der Waals surface area contributed by atoms with Crippen molar-refractivity contribution in [3.63, 3.8) is 0 Å². The van der Waals surface area contributed by atoms with E-state index in [1.54, 1.807) is 0 Å². The molecule has 160 valence electrons. The number of para-hydroxylation sites is 2. The van der Waals surface area contributed by atoms with Gasteiger partial charge in [-0.1, -0.05) is 12.1 Å². The highest BCUT2D eigenvalue weighted by Crippen LogP contribution is 2.33. The first-order valence-corrected chi connectivity index (χ1v) is 10.6. The molecule has 1 fully saturated rings. The molecular weight excluding hydrogens is 382 g/mol. The Kier molecular flexibility index (Phi) is 6.28. The number of ether oxygens (including phenoxy) is 3. The Morgan fingerprint density at radius 3 is 2.57 bits per heavy atom. The molecule has 2 aromatic rings. The number of hydrogen-bond acceptors (Lipinski definition) is 6. The molecule has 0 aromatic heterocycles. The van der Waals surface area contributed by atoms with Crippen LogP contribution in [0.1, 0.15) is 13.8 Å². The van der Waals surface area contributed by atoms with Gasteiger partial charge in [0, 0.05) is 37.9 Å². The summed E-state index contributed by atoms with van der Waals surface area (Å²) in [4.78, 5) is 17.4. The van der Waals surface area contributed by atoms with Gasteiger partial charge in [-0.05, 0) is 38.1 Å². The average Bonchev–Trinajstić information content (AvgIpc) is 2.79. The molecule has 1 amide bonds. The summed E-state index contributed by atoms with van der Waals surface area (Å²) in [6, 6.07) is 13.4. The smallest absolute Gasteiger partial charge is 0.241 e. The van der Waals surface area contributed by atoms with Crippen LogP contribution in [0.4, 0.5) is 11.4 Å². The van der Waals surface area contributed by atoms with Crippen LogP contribution in [0.2, 0.25) is 0 Å². The summed E-state index contributed by atoms with van der Waals surface area (Å²) in [5.74, 6) is 2.29. The Morgan fingerprint density at radius 1 is 1.07 bits per heavy atom. The Labute approximate surface area is 177 Å². The molecule has 1 atom stereocenters. The van der Waals surface area contributed by atoms with E-state index in [0.717, 1.165) is 49.1 Å². The van der Waals surface area contributed by atoms with Crippen LogP contribution in [0.3, 0.4) is 0 Å². The second kappa shape index (κ2) is 9.26. The number of piperazine rings is 1. The van der Waals surface area contributed by atoms with Gasteiger partial charge in [0.25, 0.3) is 0 Å². The minimum atomic E-state index is -0.220. The molecular formula is C23H29N3O4. The first kappa shape index (κ1) is 20.3. The average molecular weight is 412 g/mol. The monoisotopic (exact) mass is 411 g/mol. The van der Waals surface area contributed by atoms with Gasteiger partial charge in [-0.25, -0.2) is 0 Å².